The maximum atomic E-state index is 13.1. The standard InChI is InChI=1S/C8H14FNO/c9-7-4-8(6-11)2-1-3-10(8)5-7/h7,11H,1-6H2/t7-,8+/m1/s1/i1D,2D/t1-,2+,7+,8-/m0. The Balaban J connectivity index is 2.25. The maximum absolute atomic E-state index is 13.1. The number of hydrogen-bond donors (Lipinski definition) is 1. The fourth-order valence-corrected chi connectivity index (χ4v) is 2.04. The maximum Gasteiger partial charge on any atom is 0.115 e. The van der Waals surface area contributed by atoms with Crippen molar-refractivity contribution in [2.45, 2.75) is 30.9 Å². The summed E-state index contributed by atoms with van der Waals surface area (Å²) in [5, 5.41) is 9.22. The number of aliphatic hydroxyl groups is 1. The average molecular weight is 161 g/mol. The van der Waals surface area contributed by atoms with Gasteiger partial charge in [-0.1, -0.05) is 0 Å². The summed E-state index contributed by atoms with van der Waals surface area (Å²) in [7, 11) is 0. The second-order valence-corrected chi connectivity index (χ2v) is 3.37. The van der Waals surface area contributed by atoms with Crippen molar-refractivity contribution in [1.29, 1.82) is 0 Å². The molecule has 0 bridgehead atoms. The second-order valence-electron chi connectivity index (χ2n) is 3.37. The van der Waals surface area contributed by atoms with Crippen LogP contribution in [0.5, 0.6) is 0 Å². The van der Waals surface area contributed by atoms with E-state index in [1.807, 2.05) is 0 Å². The van der Waals surface area contributed by atoms with Gasteiger partial charge in [0.05, 0.1) is 6.61 Å². The molecule has 0 amide bonds. The van der Waals surface area contributed by atoms with E-state index in [2.05, 4.69) is 0 Å². The summed E-state index contributed by atoms with van der Waals surface area (Å²) in [4.78, 5) is 1.77. The summed E-state index contributed by atoms with van der Waals surface area (Å²) in [5.74, 6) is 0. The van der Waals surface area contributed by atoms with Crippen molar-refractivity contribution in [2.75, 3.05) is 19.7 Å². The largest absolute Gasteiger partial charge is 0.394 e. The van der Waals surface area contributed by atoms with Gasteiger partial charge in [-0.05, 0) is 19.3 Å². The third-order valence-corrected chi connectivity index (χ3v) is 2.65. The Morgan fingerprint density at radius 3 is 3.27 bits per heavy atom. The van der Waals surface area contributed by atoms with E-state index in [1.165, 1.54) is 0 Å². The van der Waals surface area contributed by atoms with Crippen LogP contribution >= 0.6 is 0 Å². The molecule has 2 aliphatic rings. The van der Waals surface area contributed by atoms with Gasteiger partial charge in [-0.15, -0.1) is 0 Å². The predicted octanol–water partition coefficient (Wildman–Crippen LogP) is 0.555. The molecule has 2 heterocycles. The van der Waals surface area contributed by atoms with Crippen LogP contribution in [0, 0.1) is 0 Å². The summed E-state index contributed by atoms with van der Waals surface area (Å²) in [6.45, 7) is 0.511. The Labute approximate surface area is 68.8 Å². The predicted molar refractivity (Wildman–Crippen MR) is 40.1 cm³/mol. The van der Waals surface area contributed by atoms with Gasteiger partial charge in [0.25, 0.3) is 0 Å². The molecule has 0 aliphatic carbocycles. The fourth-order valence-electron chi connectivity index (χ4n) is 2.04. The Bertz CT molecular complexity index is 218. The van der Waals surface area contributed by atoms with Gasteiger partial charge in [-0.3, -0.25) is 4.90 Å². The zero-order valence-electron chi connectivity index (χ0n) is 8.33. The van der Waals surface area contributed by atoms with Crippen LogP contribution in [0.25, 0.3) is 0 Å². The van der Waals surface area contributed by atoms with Crippen molar-refractivity contribution in [3.05, 3.63) is 0 Å². The molecule has 2 aliphatic heterocycles. The molecule has 11 heavy (non-hydrogen) atoms. The van der Waals surface area contributed by atoms with Crippen LogP contribution in [-0.4, -0.2) is 41.4 Å². The Hall–Kier alpha value is -0.150. The molecule has 0 spiro atoms. The lowest BCUT2D eigenvalue weighted by Gasteiger charge is -2.28. The summed E-state index contributed by atoms with van der Waals surface area (Å²) in [5.41, 5.74) is -0.758. The van der Waals surface area contributed by atoms with Gasteiger partial charge in [0.2, 0.25) is 0 Å². The smallest absolute Gasteiger partial charge is 0.115 e. The molecule has 0 saturated carbocycles. The SMILES string of the molecule is [2H][C@@H]1CN2C[C@H](F)C[C@]2(CO)[C@@H]1[2H]. The summed E-state index contributed by atoms with van der Waals surface area (Å²) >= 11 is 0. The fraction of sp³-hybridized carbons (Fsp3) is 1.00. The van der Waals surface area contributed by atoms with E-state index < -0.39 is 24.5 Å². The van der Waals surface area contributed by atoms with Crippen LogP contribution in [-0.2, 0) is 0 Å². The number of nitrogens with zero attached hydrogens (tertiary/aromatic N) is 1. The van der Waals surface area contributed by atoms with Gasteiger partial charge < -0.3 is 5.11 Å². The van der Waals surface area contributed by atoms with Gasteiger partial charge in [0.1, 0.15) is 6.17 Å². The van der Waals surface area contributed by atoms with Crippen LogP contribution in [0.3, 0.4) is 0 Å². The highest BCUT2D eigenvalue weighted by Crippen LogP contribution is 2.39. The van der Waals surface area contributed by atoms with Crippen molar-refractivity contribution in [1.82, 2.24) is 4.90 Å². The molecule has 3 heteroatoms. The molecule has 64 valence electrons. The second kappa shape index (κ2) is 2.42. The zero-order valence-corrected chi connectivity index (χ0v) is 6.33. The van der Waals surface area contributed by atoms with Crippen molar-refractivity contribution >= 4 is 0 Å². The number of aliphatic hydroxyl groups excluding tert-OH is 1. The lowest BCUT2D eigenvalue weighted by Crippen LogP contribution is -2.41. The highest BCUT2D eigenvalue weighted by molar-refractivity contribution is 5.03. The molecule has 0 aromatic rings. The van der Waals surface area contributed by atoms with Crippen LogP contribution in [0.2, 0.25) is 0 Å². The lowest BCUT2D eigenvalue weighted by atomic mass is 9.95. The first-order chi connectivity index (χ1) is 6.10. The third-order valence-electron chi connectivity index (χ3n) is 2.65. The summed E-state index contributed by atoms with van der Waals surface area (Å²) < 4.78 is 28.4. The zero-order chi connectivity index (χ0) is 9.64. The third kappa shape index (κ3) is 0.983. The number of alkyl halides is 1. The molecule has 1 N–H and O–H groups in total. The molecular formula is C8H14FNO. The molecular weight excluding hydrogens is 145 g/mol. The number of rotatable bonds is 1. The minimum atomic E-state index is -0.938. The number of fused-ring (bicyclic) bond motifs is 1. The quantitative estimate of drug-likeness (QED) is 0.607. The van der Waals surface area contributed by atoms with Crippen molar-refractivity contribution in [2.24, 2.45) is 0 Å². The van der Waals surface area contributed by atoms with Crippen molar-refractivity contribution < 1.29 is 12.2 Å². The van der Waals surface area contributed by atoms with E-state index in [4.69, 9.17) is 2.74 Å². The van der Waals surface area contributed by atoms with Crippen LogP contribution in [0.15, 0.2) is 0 Å². The first-order valence-corrected chi connectivity index (χ1v) is 3.94. The van der Waals surface area contributed by atoms with E-state index >= 15 is 0 Å². The van der Waals surface area contributed by atoms with Gasteiger partial charge in [0.15, 0.2) is 0 Å². The monoisotopic (exact) mass is 161 g/mol. The lowest BCUT2D eigenvalue weighted by molar-refractivity contribution is 0.0996. The number of halogens is 1. The molecule has 2 rings (SSSR count). The average Bonchev–Trinajstić information content (AvgIpc) is 2.50. The van der Waals surface area contributed by atoms with Crippen molar-refractivity contribution in [3.8, 4) is 0 Å². The van der Waals surface area contributed by atoms with E-state index in [0.717, 1.165) is 0 Å². The molecule has 4 atom stereocenters. The Kier molecular flexibility index (Phi) is 1.21. The van der Waals surface area contributed by atoms with Gasteiger partial charge >= 0.3 is 0 Å². The minimum absolute atomic E-state index is 0.197. The van der Waals surface area contributed by atoms with Crippen molar-refractivity contribution in [3.63, 3.8) is 0 Å². The molecule has 2 saturated heterocycles. The van der Waals surface area contributed by atoms with E-state index in [0.29, 0.717) is 6.54 Å². The van der Waals surface area contributed by atoms with Gasteiger partial charge in [-0.2, -0.15) is 0 Å². The molecule has 0 radical (unpaired) electrons. The van der Waals surface area contributed by atoms with E-state index in [1.54, 1.807) is 4.90 Å². The van der Waals surface area contributed by atoms with E-state index in [9.17, 15) is 9.50 Å². The van der Waals surface area contributed by atoms with Crippen LogP contribution < -0.4 is 0 Å². The molecule has 0 unspecified atom stereocenters. The number of hydrogen-bond acceptors (Lipinski definition) is 2. The summed E-state index contributed by atoms with van der Waals surface area (Å²) in [6.07, 6.45) is -1.89. The molecule has 0 aromatic heterocycles. The molecule has 2 nitrogen and oxygen atoms in total. The van der Waals surface area contributed by atoms with Gasteiger partial charge in [0, 0.05) is 21.2 Å². The minimum Gasteiger partial charge on any atom is -0.394 e. The van der Waals surface area contributed by atoms with E-state index in [-0.39, 0.29) is 19.6 Å². The Morgan fingerprint density at radius 2 is 2.64 bits per heavy atom. The highest BCUT2D eigenvalue weighted by atomic mass is 19.1. The molecule has 0 aromatic carbocycles. The van der Waals surface area contributed by atoms with Crippen LogP contribution in [0.4, 0.5) is 4.39 Å². The highest BCUT2D eigenvalue weighted by Gasteiger charge is 2.47. The topological polar surface area (TPSA) is 23.5 Å². The normalized spacial score (nSPS) is 60.7. The Morgan fingerprint density at radius 1 is 1.82 bits per heavy atom. The van der Waals surface area contributed by atoms with Crippen LogP contribution in [0.1, 0.15) is 22.0 Å². The molecule has 2 fully saturated rings. The first kappa shape index (κ1) is 5.49. The first-order valence-electron chi connectivity index (χ1n) is 5.10. The van der Waals surface area contributed by atoms with Gasteiger partial charge in [-0.25, -0.2) is 4.39 Å². The summed E-state index contributed by atoms with van der Waals surface area (Å²) in [6, 6.07) is 0.